The molecule has 30 heavy (non-hydrogen) atoms. The first-order valence-corrected chi connectivity index (χ1v) is 11.7. The number of rotatable bonds is 6. The molecular formula is C25H36N2O3. The van der Waals surface area contributed by atoms with Gasteiger partial charge in [0, 0.05) is 19.5 Å². The minimum absolute atomic E-state index is 0.0378. The van der Waals surface area contributed by atoms with Crippen molar-refractivity contribution in [1.29, 1.82) is 0 Å². The summed E-state index contributed by atoms with van der Waals surface area (Å²) in [6, 6.07) is 6.45. The van der Waals surface area contributed by atoms with E-state index in [9.17, 15) is 9.59 Å². The van der Waals surface area contributed by atoms with Gasteiger partial charge in [-0.2, -0.15) is 0 Å². The number of hydrogen-bond acceptors (Lipinski definition) is 4. The Hall–Kier alpha value is -1.88. The third-order valence-corrected chi connectivity index (χ3v) is 8.29. The highest BCUT2D eigenvalue weighted by molar-refractivity contribution is 6.01. The minimum atomic E-state index is -0.400. The highest BCUT2D eigenvalue weighted by Crippen LogP contribution is 2.58. The van der Waals surface area contributed by atoms with Crippen LogP contribution in [0.5, 0.6) is 5.75 Å². The van der Waals surface area contributed by atoms with E-state index in [-0.39, 0.29) is 17.7 Å². The van der Waals surface area contributed by atoms with Gasteiger partial charge in [-0.3, -0.25) is 14.5 Å². The van der Waals surface area contributed by atoms with Crippen molar-refractivity contribution in [3.05, 3.63) is 29.3 Å². The van der Waals surface area contributed by atoms with Gasteiger partial charge in [-0.05, 0) is 79.8 Å². The van der Waals surface area contributed by atoms with Crippen LogP contribution in [0.25, 0.3) is 0 Å². The molecule has 1 saturated carbocycles. The summed E-state index contributed by atoms with van der Waals surface area (Å²) < 4.78 is 5.42. The third kappa shape index (κ3) is 3.45. The number of amides is 2. The van der Waals surface area contributed by atoms with E-state index in [0.29, 0.717) is 24.8 Å². The summed E-state index contributed by atoms with van der Waals surface area (Å²) in [6.45, 7) is 9.57. The van der Waals surface area contributed by atoms with Crippen molar-refractivity contribution in [2.75, 3.05) is 33.3 Å². The summed E-state index contributed by atoms with van der Waals surface area (Å²) in [7, 11) is 1.71. The van der Waals surface area contributed by atoms with Crippen LogP contribution in [0, 0.1) is 17.3 Å². The van der Waals surface area contributed by atoms with E-state index in [0.717, 1.165) is 51.1 Å². The van der Waals surface area contributed by atoms with Crippen molar-refractivity contribution in [2.24, 2.45) is 17.3 Å². The maximum atomic E-state index is 13.6. The Morgan fingerprint density at radius 1 is 1.20 bits per heavy atom. The van der Waals surface area contributed by atoms with Crippen LogP contribution in [0.4, 0.5) is 0 Å². The number of nitrogens with zero attached hydrogens (tertiary/aromatic N) is 2. The Labute approximate surface area is 180 Å². The van der Waals surface area contributed by atoms with Crippen LogP contribution in [0.2, 0.25) is 0 Å². The van der Waals surface area contributed by atoms with Crippen LogP contribution in [0.3, 0.4) is 0 Å². The van der Waals surface area contributed by atoms with Gasteiger partial charge in [0.25, 0.3) is 0 Å². The third-order valence-electron chi connectivity index (χ3n) is 8.29. The molecule has 2 amide bonds. The zero-order chi connectivity index (χ0) is 21.5. The van der Waals surface area contributed by atoms with Gasteiger partial charge >= 0.3 is 0 Å². The molecule has 1 saturated heterocycles. The van der Waals surface area contributed by atoms with Gasteiger partial charge in [-0.15, -0.1) is 0 Å². The van der Waals surface area contributed by atoms with Crippen molar-refractivity contribution in [3.63, 3.8) is 0 Å². The van der Waals surface area contributed by atoms with Crippen LogP contribution in [0.1, 0.15) is 63.5 Å². The number of fused-ring (bicyclic) bond motifs is 5. The Morgan fingerprint density at radius 2 is 1.97 bits per heavy atom. The summed E-state index contributed by atoms with van der Waals surface area (Å²) in [5.74, 6) is 2.07. The first-order valence-electron chi connectivity index (χ1n) is 11.7. The molecule has 1 heterocycles. The summed E-state index contributed by atoms with van der Waals surface area (Å²) in [5, 5.41) is 0. The number of hydrogen-bond donors (Lipinski definition) is 0. The topological polar surface area (TPSA) is 49.9 Å². The number of ether oxygens (including phenoxy) is 1. The lowest BCUT2D eigenvalue weighted by atomic mass is 9.52. The van der Waals surface area contributed by atoms with E-state index in [1.54, 1.807) is 12.0 Å². The number of carbonyl (C=O) groups is 2. The molecule has 0 radical (unpaired) electrons. The fraction of sp³-hybridized carbons (Fsp3) is 0.680. The van der Waals surface area contributed by atoms with Crippen molar-refractivity contribution < 1.29 is 14.3 Å². The molecule has 164 valence electrons. The molecule has 5 heteroatoms. The highest BCUT2D eigenvalue weighted by Gasteiger charge is 2.57. The van der Waals surface area contributed by atoms with Crippen molar-refractivity contribution in [1.82, 2.24) is 9.80 Å². The Bertz CT molecular complexity index is 819. The molecular weight excluding hydrogens is 376 g/mol. The minimum Gasteiger partial charge on any atom is -0.497 e. The molecule has 1 aromatic rings. The Balaban J connectivity index is 1.55. The quantitative estimate of drug-likeness (QED) is 0.666. The first kappa shape index (κ1) is 21.4. The molecule has 4 atom stereocenters. The molecule has 4 rings (SSSR count). The van der Waals surface area contributed by atoms with E-state index in [1.165, 1.54) is 11.1 Å². The zero-order valence-electron chi connectivity index (χ0n) is 18.9. The summed E-state index contributed by atoms with van der Waals surface area (Å²) in [5.41, 5.74) is 2.40. The molecule has 1 aromatic carbocycles. The molecule has 0 bridgehead atoms. The van der Waals surface area contributed by atoms with Gasteiger partial charge in [0.05, 0.1) is 12.5 Å². The van der Waals surface area contributed by atoms with Crippen molar-refractivity contribution >= 4 is 11.8 Å². The lowest BCUT2D eigenvalue weighted by Crippen LogP contribution is -2.60. The molecule has 2 aliphatic carbocycles. The second-order valence-corrected chi connectivity index (χ2v) is 9.52. The van der Waals surface area contributed by atoms with Crippen molar-refractivity contribution in [3.8, 4) is 5.75 Å². The van der Waals surface area contributed by atoms with Gasteiger partial charge in [-0.1, -0.05) is 26.8 Å². The molecule has 5 nitrogen and oxygen atoms in total. The van der Waals surface area contributed by atoms with Gasteiger partial charge in [-0.25, -0.2) is 0 Å². The van der Waals surface area contributed by atoms with Crippen LogP contribution in [-0.4, -0.2) is 54.9 Å². The predicted octanol–water partition coefficient (Wildman–Crippen LogP) is 3.86. The standard InChI is InChI=1S/C25H36N2O3/c1-5-26(6-2)13-14-27-23(28)16-22-21-9-7-17-15-18(30-4)8-10-19(17)20(21)11-12-25(22,3)24(27)29/h8,10,15,20-22H,5-7,9,11-14,16H2,1-4H3/t20-,21-,22+,25+/m1/s1. The Kier molecular flexibility index (Phi) is 5.93. The SMILES string of the molecule is CCN(CC)CCN1C(=O)C[C@H]2[C@@H]3CCc4cc(OC)ccc4[C@H]3CC[C@]2(C)C1=O. The predicted molar refractivity (Wildman–Crippen MR) is 118 cm³/mol. The zero-order valence-corrected chi connectivity index (χ0v) is 18.9. The first-order chi connectivity index (χ1) is 14.4. The molecule has 2 fully saturated rings. The molecule has 0 spiro atoms. The second kappa shape index (κ2) is 8.33. The summed E-state index contributed by atoms with van der Waals surface area (Å²) in [6.07, 6.45) is 4.49. The summed E-state index contributed by atoms with van der Waals surface area (Å²) in [4.78, 5) is 30.5. The number of benzene rings is 1. The van der Waals surface area contributed by atoms with Crippen LogP contribution in [0.15, 0.2) is 18.2 Å². The van der Waals surface area contributed by atoms with Gasteiger partial charge in [0.2, 0.25) is 11.8 Å². The molecule has 1 aliphatic heterocycles. The molecule has 0 aromatic heterocycles. The number of aryl methyl sites for hydroxylation is 1. The fourth-order valence-electron chi connectivity index (χ4n) is 6.38. The number of likely N-dealkylation sites (N-methyl/N-ethyl adjacent to an activating group) is 1. The molecule has 3 aliphatic rings. The van der Waals surface area contributed by atoms with E-state index in [4.69, 9.17) is 4.74 Å². The maximum absolute atomic E-state index is 13.6. The monoisotopic (exact) mass is 412 g/mol. The van der Waals surface area contributed by atoms with E-state index in [2.05, 4.69) is 43.9 Å². The van der Waals surface area contributed by atoms with Gasteiger partial charge < -0.3 is 9.64 Å². The van der Waals surface area contributed by atoms with Crippen LogP contribution in [-0.2, 0) is 16.0 Å². The molecule has 0 N–H and O–H groups in total. The van der Waals surface area contributed by atoms with Crippen LogP contribution < -0.4 is 4.74 Å². The number of likely N-dealkylation sites (tertiary alicyclic amines) is 1. The number of methoxy groups -OCH3 is 1. The number of piperidine rings is 1. The number of imide groups is 1. The lowest BCUT2D eigenvalue weighted by Gasteiger charge is -2.54. The smallest absolute Gasteiger partial charge is 0.235 e. The lowest BCUT2D eigenvalue weighted by molar-refractivity contribution is -0.167. The Morgan fingerprint density at radius 3 is 2.67 bits per heavy atom. The van der Waals surface area contributed by atoms with Crippen LogP contribution >= 0.6 is 0 Å². The van der Waals surface area contributed by atoms with Gasteiger partial charge in [0.1, 0.15) is 5.75 Å². The number of carbonyl (C=O) groups excluding carboxylic acids is 2. The normalized spacial score (nSPS) is 30.7. The maximum Gasteiger partial charge on any atom is 0.235 e. The second-order valence-electron chi connectivity index (χ2n) is 9.52. The molecule has 0 unspecified atom stereocenters. The fourth-order valence-corrected chi connectivity index (χ4v) is 6.38. The van der Waals surface area contributed by atoms with Gasteiger partial charge in [0.15, 0.2) is 0 Å². The largest absolute Gasteiger partial charge is 0.497 e. The van der Waals surface area contributed by atoms with E-state index in [1.807, 2.05) is 0 Å². The highest BCUT2D eigenvalue weighted by atomic mass is 16.5. The van der Waals surface area contributed by atoms with Crippen molar-refractivity contribution in [2.45, 2.75) is 58.8 Å². The van der Waals surface area contributed by atoms with E-state index < -0.39 is 5.41 Å². The average Bonchev–Trinajstić information content (AvgIpc) is 2.76. The van der Waals surface area contributed by atoms with E-state index >= 15 is 0 Å². The summed E-state index contributed by atoms with van der Waals surface area (Å²) >= 11 is 0. The average molecular weight is 413 g/mol.